The lowest BCUT2D eigenvalue weighted by atomic mass is 10.2. The minimum absolute atomic E-state index is 0.0625. The van der Waals surface area contributed by atoms with Crippen molar-refractivity contribution in [2.24, 2.45) is 0 Å². The third-order valence-corrected chi connectivity index (χ3v) is 4.07. The van der Waals surface area contributed by atoms with E-state index in [2.05, 4.69) is 20.5 Å². The highest BCUT2D eigenvalue weighted by atomic mass is 35.5. The van der Waals surface area contributed by atoms with Gasteiger partial charge in [0, 0.05) is 0 Å². The van der Waals surface area contributed by atoms with Crippen molar-refractivity contribution >= 4 is 29.3 Å². The molecule has 0 unspecified atom stereocenters. The molecule has 0 atom stereocenters. The zero-order chi connectivity index (χ0) is 19.6. The van der Waals surface area contributed by atoms with E-state index >= 15 is 0 Å². The Labute approximate surface area is 156 Å². The van der Waals surface area contributed by atoms with Crippen LogP contribution in [0.3, 0.4) is 0 Å². The van der Waals surface area contributed by atoms with E-state index in [0.29, 0.717) is 12.2 Å². The second-order valence-corrected chi connectivity index (χ2v) is 5.96. The lowest BCUT2D eigenvalue weighted by Crippen LogP contribution is -2.21. The summed E-state index contributed by atoms with van der Waals surface area (Å²) >= 11 is 5.83. The Morgan fingerprint density at radius 3 is 2.67 bits per heavy atom. The lowest BCUT2D eigenvalue weighted by molar-refractivity contribution is -0.389. The van der Waals surface area contributed by atoms with Gasteiger partial charge >= 0.3 is 5.82 Å². The Balaban J connectivity index is 1.63. The summed E-state index contributed by atoms with van der Waals surface area (Å²) in [6, 6.07) is 5.91. The molecular weight excluding hydrogens is 381 g/mol. The van der Waals surface area contributed by atoms with Crippen LogP contribution in [0.15, 0.2) is 30.6 Å². The van der Waals surface area contributed by atoms with E-state index in [1.165, 1.54) is 30.1 Å². The number of aromatic nitrogens is 5. The second-order valence-electron chi connectivity index (χ2n) is 5.58. The molecule has 0 spiro atoms. The zero-order valence-corrected chi connectivity index (χ0v) is 14.7. The Morgan fingerprint density at radius 2 is 2.04 bits per heavy atom. The van der Waals surface area contributed by atoms with Crippen LogP contribution in [0.2, 0.25) is 5.02 Å². The standard InChI is InChI=1S/C15H13ClFN7O3/c1-9-13(16)14(24(26)27)20-23(9)7-12(25)19-15-18-8-22(21-15)6-10-2-4-11(17)5-3-10/h2-5,8H,6-7H2,1H3,(H,19,21,25). The minimum atomic E-state index is -0.720. The number of amides is 1. The molecule has 2 heterocycles. The molecule has 12 heteroatoms. The smallest absolute Gasteiger partial charge is 0.358 e. The third kappa shape index (κ3) is 4.26. The summed E-state index contributed by atoms with van der Waals surface area (Å²) in [5.74, 6) is -1.30. The summed E-state index contributed by atoms with van der Waals surface area (Å²) in [5, 5.41) is 21.0. The highest BCUT2D eigenvalue weighted by Crippen LogP contribution is 2.26. The Kier molecular flexibility index (Phi) is 5.12. The number of anilines is 1. The highest BCUT2D eigenvalue weighted by molar-refractivity contribution is 6.33. The van der Waals surface area contributed by atoms with Crippen LogP contribution < -0.4 is 5.32 Å². The maximum Gasteiger partial charge on any atom is 0.408 e. The van der Waals surface area contributed by atoms with Gasteiger partial charge in [-0.15, -0.1) is 5.10 Å². The van der Waals surface area contributed by atoms with Crippen LogP contribution in [0.25, 0.3) is 0 Å². The number of benzene rings is 1. The molecule has 0 saturated carbocycles. The van der Waals surface area contributed by atoms with Crippen LogP contribution in [0, 0.1) is 22.9 Å². The Hall–Kier alpha value is -3.34. The first-order valence-electron chi connectivity index (χ1n) is 7.64. The third-order valence-electron chi connectivity index (χ3n) is 3.63. The van der Waals surface area contributed by atoms with Crippen LogP contribution >= 0.6 is 11.6 Å². The molecule has 1 amide bonds. The molecule has 1 aromatic carbocycles. The molecule has 0 aliphatic carbocycles. The fraction of sp³-hybridized carbons (Fsp3) is 0.200. The summed E-state index contributed by atoms with van der Waals surface area (Å²) < 4.78 is 15.5. The summed E-state index contributed by atoms with van der Waals surface area (Å²) in [7, 11) is 0. The SMILES string of the molecule is Cc1c(Cl)c([N+](=O)[O-])nn1CC(=O)Nc1ncn(Cc2ccc(F)cc2)n1. The van der Waals surface area contributed by atoms with E-state index in [-0.39, 0.29) is 23.3 Å². The van der Waals surface area contributed by atoms with Crippen LogP contribution in [0.5, 0.6) is 0 Å². The lowest BCUT2D eigenvalue weighted by Gasteiger charge is -2.02. The molecule has 140 valence electrons. The quantitative estimate of drug-likeness (QED) is 0.506. The van der Waals surface area contributed by atoms with Crippen molar-refractivity contribution in [2.75, 3.05) is 5.32 Å². The number of nitro groups is 1. The number of carbonyl (C=O) groups excluding carboxylic acids is 1. The summed E-state index contributed by atoms with van der Waals surface area (Å²) in [4.78, 5) is 26.2. The van der Waals surface area contributed by atoms with E-state index in [1.54, 1.807) is 12.1 Å². The average molecular weight is 394 g/mol. The summed E-state index contributed by atoms with van der Waals surface area (Å²) in [6.07, 6.45) is 1.42. The molecule has 0 fully saturated rings. The summed E-state index contributed by atoms with van der Waals surface area (Å²) in [6.45, 7) is 1.58. The summed E-state index contributed by atoms with van der Waals surface area (Å²) in [5.41, 5.74) is 1.11. The van der Waals surface area contributed by atoms with Crippen molar-refractivity contribution in [3.05, 3.63) is 62.8 Å². The van der Waals surface area contributed by atoms with Gasteiger partial charge in [-0.05, 0) is 29.5 Å². The maximum absolute atomic E-state index is 12.9. The molecule has 3 aromatic rings. The number of hydrogen-bond donors (Lipinski definition) is 1. The first-order chi connectivity index (χ1) is 12.8. The van der Waals surface area contributed by atoms with Gasteiger partial charge in [-0.3, -0.25) is 10.1 Å². The minimum Gasteiger partial charge on any atom is -0.358 e. The van der Waals surface area contributed by atoms with Crippen LogP contribution in [0.1, 0.15) is 11.3 Å². The van der Waals surface area contributed by atoms with Crippen molar-refractivity contribution in [1.29, 1.82) is 0 Å². The normalized spacial score (nSPS) is 10.8. The van der Waals surface area contributed by atoms with E-state index in [0.717, 1.165) is 10.2 Å². The van der Waals surface area contributed by atoms with Gasteiger partial charge in [0.15, 0.2) is 5.02 Å². The molecule has 0 aliphatic rings. The van der Waals surface area contributed by atoms with E-state index in [9.17, 15) is 19.3 Å². The van der Waals surface area contributed by atoms with Gasteiger partial charge in [-0.25, -0.2) is 14.1 Å². The largest absolute Gasteiger partial charge is 0.408 e. The van der Waals surface area contributed by atoms with Gasteiger partial charge in [-0.1, -0.05) is 23.7 Å². The van der Waals surface area contributed by atoms with Crippen molar-refractivity contribution in [1.82, 2.24) is 24.5 Å². The molecule has 0 bridgehead atoms. The van der Waals surface area contributed by atoms with Gasteiger partial charge in [0.05, 0.1) is 17.3 Å². The van der Waals surface area contributed by atoms with Gasteiger partial charge in [0.25, 0.3) is 5.91 Å². The predicted molar refractivity (Wildman–Crippen MR) is 92.8 cm³/mol. The molecule has 0 aliphatic heterocycles. The number of rotatable bonds is 6. The van der Waals surface area contributed by atoms with Crippen molar-refractivity contribution in [2.45, 2.75) is 20.0 Å². The molecule has 1 N–H and O–H groups in total. The fourth-order valence-corrected chi connectivity index (χ4v) is 2.49. The number of nitrogens with one attached hydrogen (secondary N) is 1. The first kappa shape index (κ1) is 18.5. The van der Waals surface area contributed by atoms with Crippen molar-refractivity contribution in [3.63, 3.8) is 0 Å². The van der Waals surface area contributed by atoms with Gasteiger partial charge in [0.1, 0.15) is 18.7 Å². The van der Waals surface area contributed by atoms with E-state index < -0.39 is 16.6 Å². The van der Waals surface area contributed by atoms with Crippen molar-refractivity contribution in [3.8, 4) is 0 Å². The second kappa shape index (κ2) is 7.50. The average Bonchev–Trinajstić information content (AvgIpc) is 3.16. The van der Waals surface area contributed by atoms with Crippen LogP contribution in [-0.4, -0.2) is 35.4 Å². The Morgan fingerprint density at radius 1 is 1.33 bits per heavy atom. The fourth-order valence-electron chi connectivity index (χ4n) is 2.28. The predicted octanol–water partition coefficient (Wildman–Crippen LogP) is 2.17. The van der Waals surface area contributed by atoms with Crippen LogP contribution in [0.4, 0.5) is 16.2 Å². The topological polar surface area (TPSA) is 121 Å². The molecule has 27 heavy (non-hydrogen) atoms. The molecular formula is C15H13ClFN7O3. The van der Waals surface area contributed by atoms with Crippen LogP contribution in [-0.2, 0) is 17.9 Å². The number of hydrogen-bond acceptors (Lipinski definition) is 6. The van der Waals surface area contributed by atoms with E-state index in [4.69, 9.17) is 11.6 Å². The zero-order valence-electron chi connectivity index (χ0n) is 14.0. The number of nitrogens with zero attached hydrogens (tertiary/aromatic N) is 6. The van der Waals surface area contributed by atoms with Gasteiger partial charge in [-0.2, -0.15) is 4.68 Å². The Bertz CT molecular complexity index is 1000. The molecule has 2 aromatic heterocycles. The first-order valence-corrected chi connectivity index (χ1v) is 8.02. The molecule has 0 radical (unpaired) electrons. The molecule has 0 saturated heterocycles. The number of carbonyl (C=O) groups is 1. The van der Waals surface area contributed by atoms with Crippen molar-refractivity contribution < 1.29 is 14.1 Å². The number of halogens is 2. The maximum atomic E-state index is 12.9. The monoisotopic (exact) mass is 393 g/mol. The van der Waals surface area contributed by atoms with Gasteiger partial charge < -0.3 is 10.1 Å². The van der Waals surface area contributed by atoms with Gasteiger partial charge in [0.2, 0.25) is 5.95 Å². The van der Waals surface area contributed by atoms with E-state index in [1.807, 2.05) is 0 Å². The highest BCUT2D eigenvalue weighted by Gasteiger charge is 2.25. The molecule has 10 nitrogen and oxygen atoms in total. The molecule has 3 rings (SSSR count).